The predicted molar refractivity (Wildman–Crippen MR) is 132 cm³/mol. The Kier molecular flexibility index (Phi) is 5.07. The summed E-state index contributed by atoms with van der Waals surface area (Å²) in [5, 5.41) is 3.53. The van der Waals surface area contributed by atoms with E-state index in [0.717, 1.165) is 22.4 Å². The number of rotatable bonds is 5. The summed E-state index contributed by atoms with van der Waals surface area (Å²) in [4.78, 5) is 45.0. The minimum absolute atomic E-state index is 0.156. The third kappa shape index (κ3) is 3.09. The van der Waals surface area contributed by atoms with Crippen LogP contribution in [0.2, 0.25) is 0 Å². The fourth-order valence-corrected chi connectivity index (χ4v) is 6.20. The molecule has 3 aliphatic heterocycles. The number of amides is 3. The van der Waals surface area contributed by atoms with Gasteiger partial charge in [0.25, 0.3) is 5.91 Å². The third-order valence-corrected chi connectivity index (χ3v) is 7.76. The highest BCUT2D eigenvalue weighted by Crippen LogP contribution is 2.55. The van der Waals surface area contributed by atoms with Crippen molar-refractivity contribution < 1.29 is 14.4 Å². The molecule has 176 valence electrons. The van der Waals surface area contributed by atoms with Crippen LogP contribution < -0.4 is 10.2 Å². The molecule has 0 aliphatic carbocycles. The van der Waals surface area contributed by atoms with Gasteiger partial charge < -0.3 is 4.90 Å². The van der Waals surface area contributed by atoms with Crippen molar-refractivity contribution in [3.63, 3.8) is 0 Å². The van der Waals surface area contributed by atoms with E-state index in [1.54, 1.807) is 4.90 Å². The van der Waals surface area contributed by atoms with Gasteiger partial charge in [-0.2, -0.15) is 0 Å². The Bertz CT molecular complexity index is 1310. The van der Waals surface area contributed by atoms with Crippen molar-refractivity contribution in [2.75, 3.05) is 4.90 Å². The lowest BCUT2D eigenvalue weighted by atomic mass is 9.76. The Labute approximate surface area is 204 Å². The number of nitrogens with zero attached hydrogens (tertiary/aromatic N) is 2. The Morgan fingerprint density at radius 2 is 1.31 bits per heavy atom. The summed E-state index contributed by atoms with van der Waals surface area (Å²) in [5.41, 5.74) is 2.25. The molecule has 2 saturated heterocycles. The zero-order chi connectivity index (χ0) is 24.2. The highest BCUT2D eigenvalue weighted by Gasteiger charge is 2.71. The molecule has 4 atom stereocenters. The van der Waals surface area contributed by atoms with Crippen LogP contribution in [0.1, 0.15) is 30.0 Å². The Morgan fingerprint density at radius 1 is 0.743 bits per heavy atom. The third-order valence-electron chi connectivity index (χ3n) is 7.76. The standard InChI is InChI=1S/C29H27N3O3/c1-2-22-24-25(27(34)32(26(24)33)18-20-13-7-4-8-14-20)29(30-22)21-15-9-10-16-23(21)31(28(29)35)17-19-11-5-3-6-12-19/h3-16,22,24-25,30H,2,17-18H2,1H3. The molecule has 1 N–H and O–H groups in total. The molecular weight excluding hydrogens is 438 g/mol. The Hall–Kier alpha value is -3.77. The molecule has 6 rings (SSSR count). The molecule has 6 nitrogen and oxygen atoms in total. The van der Waals surface area contributed by atoms with E-state index in [-0.39, 0.29) is 30.3 Å². The largest absolute Gasteiger partial charge is 0.306 e. The van der Waals surface area contributed by atoms with Gasteiger partial charge in [-0.3, -0.25) is 24.6 Å². The molecule has 3 amide bonds. The van der Waals surface area contributed by atoms with Crippen molar-refractivity contribution in [1.29, 1.82) is 0 Å². The topological polar surface area (TPSA) is 69.7 Å². The Morgan fingerprint density at radius 3 is 1.94 bits per heavy atom. The van der Waals surface area contributed by atoms with Crippen LogP contribution in [0.4, 0.5) is 5.69 Å². The quantitative estimate of drug-likeness (QED) is 0.585. The molecule has 0 radical (unpaired) electrons. The molecule has 6 heteroatoms. The number of nitrogens with one attached hydrogen (secondary N) is 1. The van der Waals surface area contributed by atoms with E-state index in [1.165, 1.54) is 4.90 Å². The van der Waals surface area contributed by atoms with Crippen LogP contribution in [0.15, 0.2) is 84.9 Å². The maximum atomic E-state index is 14.3. The second-order valence-electron chi connectivity index (χ2n) is 9.61. The number of carbonyl (C=O) groups is 3. The molecule has 3 aromatic rings. The van der Waals surface area contributed by atoms with Gasteiger partial charge in [0, 0.05) is 17.3 Å². The van der Waals surface area contributed by atoms with Crippen LogP contribution in [0.25, 0.3) is 0 Å². The van der Waals surface area contributed by atoms with Gasteiger partial charge in [-0.15, -0.1) is 0 Å². The van der Waals surface area contributed by atoms with Crippen molar-refractivity contribution in [3.8, 4) is 0 Å². The van der Waals surface area contributed by atoms with E-state index in [9.17, 15) is 14.4 Å². The zero-order valence-corrected chi connectivity index (χ0v) is 19.6. The van der Waals surface area contributed by atoms with Crippen molar-refractivity contribution in [3.05, 3.63) is 102 Å². The van der Waals surface area contributed by atoms with Gasteiger partial charge in [0.05, 0.1) is 24.9 Å². The predicted octanol–water partition coefficient (Wildman–Crippen LogP) is 3.61. The highest BCUT2D eigenvalue weighted by atomic mass is 16.2. The summed E-state index contributed by atoms with van der Waals surface area (Å²) in [5.74, 6) is -1.94. The first-order valence-electron chi connectivity index (χ1n) is 12.2. The summed E-state index contributed by atoms with van der Waals surface area (Å²) in [6, 6.07) is 26.8. The van der Waals surface area contributed by atoms with Gasteiger partial charge in [0.1, 0.15) is 5.54 Å². The van der Waals surface area contributed by atoms with Crippen LogP contribution in [0.5, 0.6) is 0 Å². The van der Waals surface area contributed by atoms with Crippen molar-refractivity contribution in [1.82, 2.24) is 10.2 Å². The molecule has 0 bridgehead atoms. The number of imide groups is 1. The first kappa shape index (κ1) is 21.7. The fourth-order valence-electron chi connectivity index (χ4n) is 6.20. The van der Waals surface area contributed by atoms with Gasteiger partial charge in [-0.25, -0.2) is 0 Å². The lowest BCUT2D eigenvalue weighted by molar-refractivity contribution is -0.143. The molecule has 0 saturated carbocycles. The van der Waals surface area contributed by atoms with E-state index in [0.29, 0.717) is 13.0 Å². The monoisotopic (exact) mass is 465 g/mol. The maximum absolute atomic E-state index is 14.3. The molecule has 35 heavy (non-hydrogen) atoms. The van der Waals surface area contributed by atoms with Gasteiger partial charge >= 0.3 is 0 Å². The first-order valence-corrected chi connectivity index (χ1v) is 12.2. The minimum atomic E-state index is -1.24. The Balaban J connectivity index is 1.44. The number of likely N-dealkylation sites (tertiary alicyclic amines) is 1. The lowest BCUT2D eigenvalue weighted by Gasteiger charge is -2.30. The second-order valence-corrected chi connectivity index (χ2v) is 9.61. The van der Waals surface area contributed by atoms with E-state index < -0.39 is 17.4 Å². The average molecular weight is 466 g/mol. The molecule has 3 aromatic carbocycles. The molecular formula is C29H27N3O3. The number of anilines is 1. The SMILES string of the molecule is CCC1NC2(C(=O)N(Cc3ccccc3)c3ccccc32)C2C(=O)N(Cc3ccccc3)C(=O)C12. The number of fused-ring (bicyclic) bond motifs is 4. The summed E-state index contributed by atoms with van der Waals surface area (Å²) >= 11 is 0. The fraction of sp³-hybridized carbons (Fsp3) is 0.276. The number of carbonyl (C=O) groups excluding carboxylic acids is 3. The number of para-hydroxylation sites is 1. The van der Waals surface area contributed by atoms with Crippen molar-refractivity contribution in [2.45, 2.75) is 38.0 Å². The average Bonchev–Trinajstić information content (AvgIpc) is 3.46. The molecule has 3 heterocycles. The summed E-state index contributed by atoms with van der Waals surface area (Å²) in [6.45, 7) is 2.63. The zero-order valence-electron chi connectivity index (χ0n) is 19.6. The molecule has 4 unspecified atom stereocenters. The van der Waals surface area contributed by atoms with Gasteiger partial charge in [-0.1, -0.05) is 85.8 Å². The van der Waals surface area contributed by atoms with Crippen LogP contribution in [-0.2, 0) is 33.0 Å². The minimum Gasteiger partial charge on any atom is -0.306 e. The smallest absolute Gasteiger partial charge is 0.253 e. The summed E-state index contributed by atoms with van der Waals surface area (Å²) in [6.07, 6.45) is 0.648. The molecule has 0 aromatic heterocycles. The summed E-state index contributed by atoms with van der Waals surface area (Å²) in [7, 11) is 0. The van der Waals surface area contributed by atoms with Crippen molar-refractivity contribution >= 4 is 23.4 Å². The van der Waals surface area contributed by atoms with E-state index in [2.05, 4.69) is 5.32 Å². The van der Waals surface area contributed by atoms with Crippen LogP contribution in [-0.4, -0.2) is 28.7 Å². The first-order chi connectivity index (χ1) is 17.1. The van der Waals surface area contributed by atoms with E-state index in [1.807, 2.05) is 91.9 Å². The summed E-state index contributed by atoms with van der Waals surface area (Å²) < 4.78 is 0. The number of benzene rings is 3. The number of hydrogen-bond acceptors (Lipinski definition) is 4. The second kappa shape index (κ2) is 8.17. The maximum Gasteiger partial charge on any atom is 0.253 e. The van der Waals surface area contributed by atoms with Crippen LogP contribution in [0, 0.1) is 11.8 Å². The molecule has 2 fully saturated rings. The molecule has 1 spiro atoms. The van der Waals surface area contributed by atoms with Crippen molar-refractivity contribution in [2.24, 2.45) is 11.8 Å². The normalized spacial score (nSPS) is 27.1. The van der Waals surface area contributed by atoms with Gasteiger partial charge in [-0.05, 0) is 23.6 Å². The number of hydrogen-bond donors (Lipinski definition) is 1. The van der Waals surface area contributed by atoms with Crippen LogP contribution >= 0.6 is 0 Å². The van der Waals surface area contributed by atoms with Crippen LogP contribution in [0.3, 0.4) is 0 Å². The van der Waals surface area contributed by atoms with E-state index in [4.69, 9.17) is 0 Å². The van der Waals surface area contributed by atoms with Gasteiger partial charge in [0.2, 0.25) is 11.8 Å². The molecule has 3 aliphatic rings. The lowest BCUT2D eigenvalue weighted by Crippen LogP contribution is -2.54. The van der Waals surface area contributed by atoms with Gasteiger partial charge in [0.15, 0.2) is 0 Å². The highest BCUT2D eigenvalue weighted by molar-refractivity contribution is 6.16. The van der Waals surface area contributed by atoms with E-state index >= 15 is 0 Å².